The maximum Gasteiger partial charge on any atom is 0.416 e. The van der Waals surface area contributed by atoms with Crippen molar-refractivity contribution in [3.05, 3.63) is 82.7 Å². The smallest absolute Gasteiger partial charge is 0.398 e. The van der Waals surface area contributed by atoms with Crippen LogP contribution in [-0.2, 0) is 15.7 Å². The first-order valence-electron chi connectivity index (χ1n) is 14.8. The van der Waals surface area contributed by atoms with Crippen LogP contribution in [0.5, 0.6) is 0 Å². The van der Waals surface area contributed by atoms with Gasteiger partial charge >= 0.3 is 6.18 Å². The van der Waals surface area contributed by atoms with E-state index in [-0.39, 0.29) is 23.1 Å². The van der Waals surface area contributed by atoms with Crippen molar-refractivity contribution >= 4 is 35.2 Å². The lowest BCUT2D eigenvalue weighted by atomic mass is 9.95. The number of nitrogen functional groups attached to an aromatic ring is 2. The van der Waals surface area contributed by atoms with Crippen molar-refractivity contribution in [2.45, 2.75) is 63.2 Å². The van der Waals surface area contributed by atoms with Crippen LogP contribution in [0, 0.1) is 0 Å². The number of carbonyl (C=O) groups excluding carboxylic acids is 2. The van der Waals surface area contributed by atoms with Crippen LogP contribution in [0.2, 0.25) is 0 Å². The lowest BCUT2D eigenvalue weighted by Crippen LogP contribution is -2.36. The third-order valence-corrected chi connectivity index (χ3v) is 7.57. The fourth-order valence-corrected chi connectivity index (χ4v) is 5.11. The summed E-state index contributed by atoms with van der Waals surface area (Å²) in [6.45, 7) is 0.757. The largest absolute Gasteiger partial charge is 0.416 e. The highest BCUT2D eigenvalue weighted by atomic mass is 19.4. The molecule has 1 aromatic carbocycles. The van der Waals surface area contributed by atoms with Crippen LogP contribution in [-0.4, -0.2) is 41.0 Å². The Morgan fingerprint density at radius 1 is 1.07 bits per heavy atom. The average molecular weight is 626 g/mol. The summed E-state index contributed by atoms with van der Waals surface area (Å²) in [5, 5.41) is 5.47. The molecule has 45 heavy (non-hydrogen) atoms. The number of alkyl halides is 3. The average Bonchev–Trinajstić information content (AvgIpc) is 3.01. The van der Waals surface area contributed by atoms with Gasteiger partial charge in [0.05, 0.1) is 18.2 Å². The maximum absolute atomic E-state index is 13.0. The minimum Gasteiger partial charge on any atom is -0.398 e. The van der Waals surface area contributed by atoms with Crippen molar-refractivity contribution in [1.29, 1.82) is 0 Å². The number of nitrogens with one attached hydrogen (secondary N) is 2. The van der Waals surface area contributed by atoms with Gasteiger partial charge in [0, 0.05) is 53.8 Å². The molecule has 0 aliphatic heterocycles. The van der Waals surface area contributed by atoms with Gasteiger partial charge in [-0.05, 0) is 49.1 Å². The van der Waals surface area contributed by atoms with E-state index in [2.05, 4.69) is 20.6 Å². The van der Waals surface area contributed by atoms with E-state index in [0.29, 0.717) is 54.5 Å². The van der Waals surface area contributed by atoms with Crippen LogP contribution in [0.25, 0.3) is 6.08 Å². The van der Waals surface area contributed by atoms with Crippen molar-refractivity contribution in [3.63, 3.8) is 0 Å². The summed E-state index contributed by atoms with van der Waals surface area (Å²) in [4.78, 5) is 32.7. The quantitative estimate of drug-likeness (QED) is 0.171. The first-order valence-corrected chi connectivity index (χ1v) is 14.8. The summed E-state index contributed by atoms with van der Waals surface area (Å²) < 4.78 is 44.5. The number of pyridine rings is 2. The van der Waals surface area contributed by atoms with E-state index in [1.165, 1.54) is 37.6 Å². The number of carbonyl (C=O) groups is 2. The molecular weight excluding hydrogens is 587 g/mol. The second-order valence-electron chi connectivity index (χ2n) is 10.9. The van der Waals surface area contributed by atoms with E-state index in [4.69, 9.17) is 21.9 Å². The zero-order chi connectivity index (χ0) is 32.4. The number of aromatic nitrogens is 2. The van der Waals surface area contributed by atoms with Gasteiger partial charge in [-0.3, -0.25) is 9.59 Å². The lowest BCUT2D eigenvalue weighted by molar-refractivity contribution is -0.137. The second kappa shape index (κ2) is 15.5. The summed E-state index contributed by atoms with van der Waals surface area (Å²) in [6.07, 6.45) is 8.23. The number of nitrogens with two attached hydrogens (primary N) is 3. The summed E-state index contributed by atoms with van der Waals surface area (Å²) in [7, 11) is 0. The molecule has 4 rings (SSSR count). The molecule has 1 unspecified atom stereocenters. The molecule has 1 aliphatic carbocycles. The fraction of sp³-hybridized carbons (Fsp3) is 0.375. The van der Waals surface area contributed by atoms with Crippen LogP contribution in [0.1, 0.15) is 83.6 Å². The van der Waals surface area contributed by atoms with Crippen LogP contribution < -0.4 is 27.8 Å². The van der Waals surface area contributed by atoms with Gasteiger partial charge in [-0.15, -0.1) is 0 Å². The number of hydrogen-bond acceptors (Lipinski definition) is 8. The molecule has 8 N–H and O–H groups in total. The molecule has 13 heteroatoms. The summed E-state index contributed by atoms with van der Waals surface area (Å²) in [5.41, 5.74) is 20.2. The van der Waals surface area contributed by atoms with Crippen LogP contribution >= 0.6 is 0 Å². The Kier molecular flexibility index (Phi) is 11.5. The number of rotatable bonds is 12. The Bertz CT molecular complexity index is 1490. The highest BCUT2D eigenvalue weighted by Gasteiger charge is 2.31. The van der Waals surface area contributed by atoms with Crippen LogP contribution in [0.3, 0.4) is 0 Å². The van der Waals surface area contributed by atoms with Crippen molar-refractivity contribution in [2.75, 3.05) is 30.0 Å². The predicted molar refractivity (Wildman–Crippen MR) is 167 cm³/mol. The third kappa shape index (κ3) is 9.50. The van der Waals surface area contributed by atoms with E-state index in [0.717, 1.165) is 31.2 Å². The highest BCUT2D eigenvalue weighted by Crippen LogP contribution is 2.32. The Hall–Kier alpha value is -4.49. The first-order chi connectivity index (χ1) is 21.5. The molecule has 0 spiro atoms. The molecule has 0 radical (unpaired) electrons. The van der Waals surface area contributed by atoms with Gasteiger partial charge in [-0.2, -0.15) is 13.2 Å². The number of amides is 2. The van der Waals surface area contributed by atoms with E-state index < -0.39 is 23.7 Å². The topological polar surface area (TPSA) is 171 Å². The Morgan fingerprint density at radius 2 is 1.80 bits per heavy atom. The predicted octanol–water partition coefficient (Wildman–Crippen LogP) is 5.22. The number of halogens is 3. The monoisotopic (exact) mass is 625 g/mol. The van der Waals surface area contributed by atoms with Gasteiger partial charge in [0.25, 0.3) is 5.91 Å². The molecule has 2 heterocycles. The van der Waals surface area contributed by atoms with E-state index in [1.54, 1.807) is 24.3 Å². The Morgan fingerprint density at radius 3 is 2.51 bits per heavy atom. The van der Waals surface area contributed by atoms with Crippen LogP contribution in [0.4, 0.5) is 30.5 Å². The van der Waals surface area contributed by atoms with Crippen molar-refractivity contribution in [3.8, 4) is 0 Å². The van der Waals surface area contributed by atoms with Crippen LogP contribution in [0.15, 0.2) is 54.9 Å². The van der Waals surface area contributed by atoms with Gasteiger partial charge in [-0.25, -0.2) is 9.97 Å². The fourth-order valence-electron chi connectivity index (χ4n) is 5.11. The van der Waals surface area contributed by atoms with Crippen molar-refractivity contribution in [1.82, 2.24) is 15.3 Å². The minimum atomic E-state index is -4.56. The first kappa shape index (κ1) is 33.4. The molecule has 2 aromatic heterocycles. The van der Waals surface area contributed by atoms with E-state index in [1.807, 2.05) is 0 Å². The van der Waals surface area contributed by atoms with Gasteiger partial charge in [-0.1, -0.05) is 43.5 Å². The molecular formula is C32H38F3N7O3. The third-order valence-electron chi connectivity index (χ3n) is 7.57. The number of anilines is 3. The molecule has 1 aliphatic rings. The van der Waals surface area contributed by atoms with Crippen molar-refractivity contribution < 1.29 is 27.5 Å². The molecule has 2 amide bonds. The molecule has 240 valence electrons. The number of benzene rings is 1. The van der Waals surface area contributed by atoms with Gasteiger partial charge in [0.15, 0.2) is 0 Å². The number of ether oxygens (including phenoxy) is 1. The molecule has 1 fully saturated rings. The SMILES string of the molecule is Nc1ncc(/C=C/COCCCC(=O)NC2CCCCC2)c(N)c1C(N)c1ccc(C(=O)Nc2cc(C(F)(F)F)ccn2)cc1. The van der Waals surface area contributed by atoms with E-state index in [9.17, 15) is 22.8 Å². The summed E-state index contributed by atoms with van der Waals surface area (Å²) in [6, 6.07) is 7.28. The highest BCUT2D eigenvalue weighted by molar-refractivity contribution is 6.03. The summed E-state index contributed by atoms with van der Waals surface area (Å²) in [5.74, 6) is -0.650. The molecule has 0 saturated heterocycles. The van der Waals surface area contributed by atoms with Gasteiger partial charge < -0.3 is 32.6 Å². The second-order valence-corrected chi connectivity index (χ2v) is 10.9. The molecule has 1 atom stereocenters. The number of nitrogens with zero attached hydrogens (tertiary/aromatic N) is 2. The molecule has 1 saturated carbocycles. The normalized spacial score (nSPS) is 14.8. The minimum absolute atomic E-state index is 0.0657. The molecule has 3 aromatic rings. The zero-order valence-corrected chi connectivity index (χ0v) is 24.8. The molecule has 0 bridgehead atoms. The van der Waals surface area contributed by atoms with Gasteiger partial charge in [0.2, 0.25) is 5.91 Å². The Labute approximate surface area is 259 Å². The lowest BCUT2D eigenvalue weighted by Gasteiger charge is -2.22. The summed E-state index contributed by atoms with van der Waals surface area (Å²) >= 11 is 0. The van der Waals surface area contributed by atoms with Gasteiger partial charge in [0.1, 0.15) is 11.6 Å². The Balaban J connectivity index is 1.29. The zero-order valence-electron chi connectivity index (χ0n) is 24.8. The van der Waals surface area contributed by atoms with Crippen molar-refractivity contribution in [2.24, 2.45) is 5.73 Å². The standard InChI is InChI=1S/C32H38F3N7O3/c33-32(34,35)23-14-15-39-25(18-23)42-31(44)21-12-10-20(11-13-21)28(36)27-29(37)22(19-40-30(27)38)6-4-16-45-17-5-9-26(43)41-24-7-2-1-3-8-24/h4,6,10-15,18-19,24,28H,1-3,5,7-9,16-17,36H2,(H,41,43)(H4,37,38,40)(H,39,42,44)/b6-4+. The maximum atomic E-state index is 13.0. The van der Waals surface area contributed by atoms with E-state index >= 15 is 0 Å². The number of hydrogen-bond donors (Lipinski definition) is 5. The molecule has 10 nitrogen and oxygen atoms in total.